The van der Waals surface area contributed by atoms with Crippen molar-refractivity contribution >= 4 is 29.1 Å². The molecule has 0 aromatic heterocycles. The SMILES string of the molecule is Cc1ccc(NC(=O)CN(C)C(=O)[C@@H]2CC(=O)Nc3cc(F)ccc32)cc1. The summed E-state index contributed by atoms with van der Waals surface area (Å²) < 4.78 is 13.4. The van der Waals surface area contributed by atoms with Crippen molar-refractivity contribution in [2.45, 2.75) is 19.3 Å². The van der Waals surface area contributed by atoms with Crippen molar-refractivity contribution in [3.63, 3.8) is 0 Å². The summed E-state index contributed by atoms with van der Waals surface area (Å²) >= 11 is 0. The van der Waals surface area contributed by atoms with Gasteiger partial charge in [-0.1, -0.05) is 23.8 Å². The molecule has 0 spiro atoms. The van der Waals surface area contributed by atoms with Crippen LogP contribution < -0.4 is 10.6 Å². The predicted molar refractivity (Wildman–Crippen MR) is 99.8 cm³/mol. The predicted octanol–water partition coefficient (Wildman–Crippen LogP) is 2.66. The number of hydrogen-bond acceptors (Lipinski definition) is 3. The molecule has 0 bridgehead atoms. The largest absolute Gasteiger partial charge is 0.336 e. The van der Waals surface area contributed by atoms with E-state index in [0.29, 0.717) is 16.9 Å². The molecule has 27 heavy (non-hydrogen) atoms. The van der Waals surface area contributed by atoms with E-state index < -0.39 is 11.7 Å². The zero-order valence-electron chi connectivity index (χ0n) is 15.1. The number of benzene rings is 2. The summed E-state index contributed by atoms with van der Waals surface area (Å²) in [5.41, 5.74) is 2.56. The maximum Gasteiger partial charge on any atom is 0.243 e. The lowest BCUT2D eigenvalue weighted by Crippen LogP contribution is -2.40. The molecule has 0 unspecified atom stereocenters. The molecule has 3 amide bonds. The lowest BCUT2D eigenvalue weighted by molar-refractivity contribution is -0.136. The lowest BCUT2D eigenvalue weighted by Gasteiger charge is -2.28. The van der Waals surface area contributed by atoms with E-state index >= 15 is 0 Å². The molecule has 0 aliphatic carbocycles. The molecular weight excluding hydrogens is 349 g/mol. The van der Waals surface area contributed by atoms with Gasteiger partial charge in [-0.3, -0.25) is 14.4 Å². The first-order chi connectivity index (χ1) is 12.8. The summed E-state index contributed by atoms with van der Waals surface area (Å²) in [4.78, 5) is 38.2. The minimum absolute atomic E-state index is 0.0403. The van der Waals surface area contributed by atoms with Gasteiger partial charge in [-0.15, -0.1) is 0 Å². The van der Waals surface area contributed by atoms with Crippen LogP contribution in [-0.2, 0) is 14.4 Å². The van der Waals surface area contributed by atoms with Crippen LogP contribution in [0.25, 0.3) is 0 Å². The Hall–Kier alpha value is -3.22. The first-order valence-electron chi connectivity index (χ1n) is 8.54. The minimum Gasteiger partial charge on any atom is -0.336 e. The molecule has 1 aliphatic rings. The van der Waals surface area contributed by atoms with E-state index in [2.05, 4.69) is 10.6 Å². The van der Waals surface area contributed by atoms with Gasteiger partial charge in [0.05, 0.1) is 12.5 Å². The Kier molecular flexibility index (Phi) is 5.21. The van der Waals surface area contributed by atoms with Crippen molar-refractivity contribution < 1.29 is 18.8 Å². The van der Waals surface area contributed by atoms with Crippen LogP contribution in [0.3, 0.4) is 0 Å². The van der Waals surface area contributed by atoms with E-state index in [4.69, 9.17) is 0 Å². The number of carbonyl (C=O) groups is 3. The molecule has 140 valence electrons. The second kappa shape index (κ2) is 7.57. The summed E-state index contributed by atoms with van der Waals surface area (Å²) in [6.45, 7) is 1.80. The summed E-state index contributed by atoms with van der Waals surface area (Å²) in [6.07, 6.45) is -0.0403. The molecule has 7 heteroatoms. The smallest absolute Gasteiger partial charge is 0.243 e. The molecule has 2 aromatic carbocycles. The highest BCUT2D eigenvalue weighted by Gasteiger charge is 2.33. The molecule has 6 nitrogen and oxygen atoms in total. The average Bonchev–Trinajstić information content (AvgIpc) is 2.61. The number of fused-ring (bicyclic) bond motifs is 1. The van der Waals surface area contributed by atoms with E-state index in [1.807, 2.05) is 19.1 Å². The highest BCUT2D eigenvalue weighted by molar-refractivity contribution is 6.02. The van der Waals surface area contributed by atoms with Gasteiger partial charge in [0.25, 0.3) is 0 Å². The second-order valence-corrected chi connectivity index (χ2v) is 6.64. The Balaban J connectivity index is 1.69. The van der Waals surface area contributed by atoms with Crippen molar-refractivity contribution in [3.05, 3.63) is 59.4 Å². The molecule has 2 aromatic rings. The Morgan fingerprint density at radius 1 is 1.22 bits per heavy atom. The van der Waals surface area contributed by atoms with Gasteiger partial charge in [-0.2, -0.15) is 0 Å². The lowest BCUT2D eigenvalue weighted by atomic mass is 9.89. The van der Waals surface area contributed by atoms with Gasteiger partial charge < -0.3 is 15.5 Å². The molecule has 0 radical (unpaired) electrons. The Labute approximate surface area is 156 Å². The number of nitrogens with one attached hydrogen (secondary N) is 2. The minimum atomic E-state index is -0.744. The summed E-state index contributed by atoms with van der Waals surface area (Å²) in [5, 5.41) is 5.31. The third-order valence-electron chi connectivity index (χ3n) is 4.44. The van der Waals surface area contributed by atoms with Crippen LogP contribution in [0.1, 0.15) is 23.5 Å². The van der Waals surface area contributed by atoms with Crippen molar-refractivity contribution in [1.82, 2.24) is 4.90 Å². The van der Waals surface area contributed by atoms with E-state index in [-0.39, 0.29) is 30.7 Å². The van der Waals surface area contributed by atoms with Crippen LogP contribution in [0.15, 0.2) is 42.5 Å². The number of carbonyl (C=O) groups excluding carboxylic acids is 3. The molecule has 0 saturated carbocycles. The third kappa shape index (κ3) is 4.31. The monoisotopic (exact) mass is 369 g/mol. The molecule has 1 heterocycles. The number of halogens is 1. The van der Waals surface area contributed by atoms with Gasteiger partial charge in [0.1, 0.15) is 5.82 Å². The highest BCUT2D eigenvalue weighted by atomic mass is 19.1. The van der Waals surface area contributed by atoms with E-state index in [1.165, 1.54) is 30.1 Å². The Morgan fingerprint density at radius 2 is 1.93 bits per heavy atom. The number of likely N-dealkylation sites (N-methyl/N-ethyl adjacent to an activating group) is 1. The number of rotatable bonds is 4. The van der Waals surface area contributed by atoms with Crippen LogP contribution in [0, 0.1) is 12.7 Å². The summed E-state index contributed by atoms with van der Waals surface area (Å²) in [5.74, 6) is -2.30. The number of nitrogens with zero attached hydrogens (tertiary/aromatic N) is 1. The number of hydrogen-bond donors (Lipinski definition) is 2. The third-order valence-corrected chi connectivity index (χ3v) is 4.44. The van der Waals surface area contributed by atoms with E-state index in [1.54, 1.807) is 12.1 Å². The van der Waals surface area contributed by atoms with Crippen molar-refractivity contribution in [3.8, 4) is 0 Å². The van der Waals surface area contributed by atoms with Crippen LogP contribution >= 0.6 is 0 Å². The molecule has 0 fully saturated rings. The summed E-state index contributed by atoms with van der Waals surface area (Å²) in [6, 6.07) is 11.3. The molecule has 1 aliphatic heterocycles. The fourth-order valence-corrected chi connectivity index (χ4v) is 3.05. The Morgan fingerprint density at radius 3 is 2.63 bits per heavy atom. The zero-order valence-corrected chi connectivity index (χ0v) is 15.1. The normalized spacial score (nSPS) is 15.5. The summed E-state index contributed by atoms with van der Waals surface area (Å²) in [7, 11) is 1.51. The number of anilines is 2. The molecule has 2 N–H and O–H groups in total. The molecular formula is C20H20FN3O3. The van der Waals surface area contributed by atoms with Gasteiger partial charge >= 0.3 is 0 Å². The Bertz CT molecular complexity index is 896. The zero-order chi connectivity index (χ0) is 19.6. The standard InChI is InChI=1S/C20H20FN3O3/c1-12-3-6-14(7-4-12)22-19(26)11-24(2)20(27)16-10-18(25)23-17-9-13(21)5-8-15(16)17/h3-9,16H,10-11H2,1-2H3,(H,22,26)(H,23,25)/t16-/m1/s1. The van der Waals surface area contributed by atoms with Gasteiger partial charge in [0, 0.05) is 24.8 Å². The maximum absolute atomic E-state index is 13.4. The van der Waals surface area contributed by atoms with Crippen molar-refractivity contribution in [1.29, 1.82) is 0 Å². The first kappa shape index (κ1) is 18.6. The fourth-order valence-electron chi connectivity index (χ4n) is 3.05. The molecule has 3 rings (SSSR count). The van der Waals surface area contributed by atoms with Gasteiger partial charge in [0.2, 0.25) is 17.7 Å². The number of aryl methyl sites for hydroxylation is 1. The second-order valence-electron chi connectivity index (χ2n) is 6.64. The topological polar surface area (TPSA) is 78.5 Å². The van der Waals surface area contributed by atoms with Gasteiger partial charge in [-0.25, -0.2) is 4.39 Å². The van der Waals surface area contributed by atoms with Gasteiger partial charge in [-0.05, 0) is 36.8 Å². The van der Waals surface area contributed by atoms with Crippen LogP contribution in [0.5, 0.6) is 0 Å². The maximum atomic E-state index is 13.4. The molecule has 0 saturated heterocycles. The van der Waals surface area contributed by atoms with Crippen molar-refractivity contribution in [2.75, 3.05) is 24.2 Å². The average molecular weight is 369 g/mol. The van der Waals surface area contributed by atoms with E-state index in [0.717, 1.165) is 5.56 Å². The number of amides is 3. The quantitative estimate of drug-likeness (QED) is 0.870. The van der Waals surface area contributed by atoms with Crippen LogP contribution in [0.4, 0.5) is 15.8 Å². The van der Waals surface area contributed by atoms with E-state index in [9.17, 15) is 18.8 Å². The van der Waals surface area contributed by atoms with Gasteiger partial charge in [0.15, 0.2) is 0 Å². The first-order valence-corrected chi connectivity index (χ1v) is 8.54. The van der Waals surface area contributed by atoms with Crippen LogP contribution in [0.2, 0.25) is 0 Å². The van der Waals surface area contributed by atoms with Crippen molar-refractivity contribution in [2.24, 2.45) is 0 Å². The van der Waals surface area contributed by atoms with Crippen LogP contribution in [-0.4, -0.2) is 36.2 Å². The fraction of sp³-hybridized carbons (Fsp3) is 0.250. The molecule has 1 atom stereocenters. The highest BCUT2D eigenvalue weighted by Crippen LogP contribution is 2.33.